The van der Waals surface area contributed by atoms with E-state index in [0.717, 1.165) is 23.5 Å². The molecule has 5 heteroatoms. The lowest BCUT2D eigenvalue weighted by molar-refractivity contribution is 0.0695. The van der Waals surface area contributed by atoms with Crippen LogP contribution >= 0.6 is 0 Å². The fourth-order valence-electron chi connectivity index (χ4n) is 2.14. The number of aromatic carboxylic acids is 1. The number of hydrogen-bond donors (Lipinski definition) is 1. The second-order valence-electron chi connectivity index (χ2n) is 4.85. The number of carboxylic acids is 1. The SMILES string of the molecule is CCc1cc(N(C)CCc2ccccc2C(=O)O)ncn1. The number of aromatic nitrogens is 2. The van der Waals surface area contributed by atoms with Crippen LogP contribution in [0.25, 0.3) is 0 Å². The third-order valence-electron chi connectivity index (χ3n) is 3.43. The van der Waals surface area contributed by atoms with Crippen molar-refractivity contribution in [3.05, 3.63) is 53.5 Å². The first-order chi connectivity index (χ1) is 10.1. The van der Waals surface area contributed by atoms with Gasteiger partial charge in [0.25, 0.3) is 0 Å². The van der Waals surface area contributed by atoms with Crippen LogP contribution in [0.5, 0.6) is 0 Å². The molecule has 0 spiro atoms. The average molecular weight is 285 g/mol. The van der Waals surface area contributed by atoms with Crippen molar-refractivity contribution in [1.29, 1.82) is 0 Å². The van der Waals surface area contributed by atoms with Crippen molar-refractivity contribution in [2.24, 2.45) is 0 Å². The van der Waals surface area contributed by atoms with E-state index in [1.807, 2.05) is 30.1 Å². The Bertz CT molecular complexity index is 628. The first-order valence-corrected chi connectivity index (χ1v) is 6.95. The Morgan fingerprint density at radius 1 is 1.29 bits per heavy atom. The van der Waals surface area contributed by atoms with E-state index in [9.17, 15) is 9.90 Å². The molecule has 0 fully saturated rings. The summed E-state index contributed by atoms with van der Waals surface area (Å²) in [6.45, 7) is 2.75. The normalized spacial score (nSPS) is 10.4. The first kappa shape index (κ1) is 15.0. The third kappa shape index (κ3) is 3.78. The monoisotopic (exact) mass is 285 g/mol. The molecular formula is C16H19N3O2. The van der Waals surface area contributed by atoms with E-state index in [1.54, 1.807) is 18.5 Å². The van der Waals surface area contributed by atoms with Gasteiger partial charge in [0.05, 0.1) is 5.56 Å². The van der Waals surface area contributed by atoms with Crippen LogP contribution in [-0.2, 0) is 12.8 Å². The number of anilines is 1. The maximum atomic E-state index is 11.2. The predicted molar refractivity (Wildman–Crippen MR) is 81.8 cm³/mol. The topological polar surface area (TPSA) is 66.3 Å². The molecule has 0 saturated heterocycles. The highest BCUT2D eigenvalue weighted by Gasteiger charge is 2.10. The maximum absolute atomic E-state index is 11.2. The van der Waals surface area contributed by atoms with Gasteiger partial charge in [-0.25, -0.2) is 14.8 Å². The fraction of sp³-hybridized carbons (Fsp3) is 0.312. The van der Waals surface area contributed by atoms with Crippen molar-refractivity contribution >= 4 is 11.8 Å². The van der Waals surface area contributed by atoms with E-state index in [2.05, 4.69) is 16.9 Å². The predicted octanol–water partition coefficient (Wildman–Crippen LogP) is 2.42. The molecule has 0 aliphatic rings. The van der Waals surface area contributed by atoms with Gasteiger partial charge in [0.15, 0.2) is 0 Å². The smallest absolute Gasteiger partial charge is 0.335 e. The van der Waals surface area contributed by atoms with Crippen LogP contribution < -0.4 is 4.90 Å². The van der Waals surface area contributed by atoms with Crippen molar-refractivity contribution in [3.8, 4) is 0 Å². The Balaban J connectivity index is 2.07. The Morgan fingerprint density at radius 2 is 2.05 bits per heavy atom. The van der Waals surface area contributed by atoms with Crippen molar-refractivity contribution < 1.29 is 9.90 Å². The average Bonchev–Trinajstić information content (AvgIpc) is 2.52. The summed E-state index contributed by atoms with van der Waals surface area (Å²) in [6.07, 6.45) is 3.09. The van der Waals surface area contributed by atoms with E-state index in [0.29, 0.717) is 18.5 Å². The summed E-state index contributed by atoms with van der Waals surface area (Å²) in [7, 11) is 1.95. The lowest BCUT2D eigenvalue weighted by Gasteiger charge is -2.18. The molecule has 1 heterocycles. The van der Waals surface area contributed by atoms with Crippen LogP contribution in [0.1, 0.15) is 28.5 Å². The Hall–Kier alpha value is -2.43. The van der Waals surface area contributed by atoms with Crippen molar-refractivity contribution in [1.82, 2.24) is 9.97 Å². The third-order valence-corrected chi connectivity index (χ3v) is 3.43. The van der Waals surface area contributed by atoms with Gasteiger partial charge in [-0.2, -0.15) is 0 Å². The van der Waals surface area contributed by atoms with E-state index >= 15 is 0 Å². The molecule has 5 nitrogen and oxygen atoms in total. The minimum atomic E-state index is -0.886. The van der Waals surface area contributed by atoms with Gasteiger partial charge in [-0.15, -0.1) is 0 Å². The number of carbonyl (C=O) groups is 1. The number of nitrogens with zero attached hydrogens (tertiary/aromatic N) is 3. The lowest BCUT2D eigenvalue weighted by atomic mass is 10.0. The Labute approximate surface area is 124 Å². The quantitative estimate of drug-likeness (QED) is 0.883. The highest BCUT2D eigenvalue weighted by atomic mass is 16.4. The molecule has 0 saturated carbocycles. The molecule has 1 N–H and O–H groups in total. The van der Waals surface area contributed by atoms with Crippen LogP contribution in [0.2, 0.25) is 0 Å². The zero-order valence-corrected chi connectivity index (χ0v) is 12.3. The van der Waals surface area contributed by atoms with Gasteiger partial charge < -0.3 is 10.0 Å². The van der Waals surface area contributed by atoms with E-state index < -0.39 is 5.97 Å². The number of aryl methyl sites for hydroxylation is 1. The van der Waals surface area contributed by atoms with Gasteiger partial charge in [0.2, 0.25) is 0 Å². The van der Waals surface area contributed by atoms with Crippen molar-refractivity contribution in [3.63, 3.8) is 0 Å². The van der Waals surface area contributed by atoms with Crippen LogP contribution in [-0.4, -0.2) is 34.6 Å². The van der Waals surface area contributed by atoms with Gasteiger partial charge >= 0.3 is 5.97 Å². The van der Waals surface area contributed by atoms with Crippen molar-refractivity contribution in [2.45, 2.75) is 19.8 Å². The largest absolute Gasteiger partial charge is 0.478 e. The Kier molecular flexibility index (Phi) is 4.87. The highest BCUT2D eigenvalue weighted by Crippen LogP contribution is 2.13. The molecule has 0 radical (unpaired) electrons. The molecule has 1 aromatic heterocycles. The molecular weight excluding hydrogens is 266 g/mol. The molecule has 2 rings (SSSR count). The molecule has 0 aliphatic heterocycles. The summed E-state index contributed by atoms with van der Waals surface area (Å²) >= 11 is 0. The molecule has 1 aromatic carbocycles. The molecule has 0 atom stereocenters. The molecule has 0 aliphatic carbocycles. The van der Waals surface area contributed by atoms with Crippen molar-refractivity contribution in [2.75, 3.05) is 18.5 Å². The zero-order valence-electron chi connectivity index (χ0n) is 12.3. The number of benzene rings is 1. The van der Waals surface area contributed by atoms with Gasteiger partial charge in [-0.05, 0) is 24.5 Å². The molecule has 0 amide bonds. The van der Waals surface area contributed by atoms with Gasteiger partial charge in [-0.3, -0.25) is 0 Å². The fourth-order valence-corrected chi connectivity index (χ4v) is 2.14. The maximum Gasteiger partial charge on any atom is 0.335 e. The zero-order chi connectivity index (χ0) is 15.2. The van der Waals surface area contributed by atoms with Crippen LogP contribution in [0.3, 0.4) is 0 Å². The number of hydrogen-bond acceptors (Lipinski definition) is 4. The number of rotatable bonds is 6. The summed E-state index contributed by atoms with van der Waals surface area (Å²) in [6, 6.07) is 9.06. The summed E-state index contributed by atoms with van der Waals surface area (Å²) in [5.74, 6) is -0.0294. The molecule has 110 valence electrons. The van der Waals surface area contributed by atoms with Gasteiger partial charge in [0.1, 0.15) is 12.1 Å². The van der Waals surface area contributed by atoms with Gasteiger partial charge in [-0.1, -0.05) is 25.1 Å². The highest BCUT2D eigenvalue weighted by molar-refractivity contribution is 5.89. The summed E-state index contributed by atoms with van der Waals surface area (Å²) in [5.41, 5.74) is 2.20. The first-order valence-electron chi connectivity index (χ1n) is 6.95. The lowest BCUT2D eigenvalue weighted by Crippen LogP contribution is -2.22. The summed E-state index contributed by atoms with van der Waals surface area (Å²) in [4.78, 5) is 21.6. The van der Waals surface area contributed by atoms with Crippen LogP contribution in [0.15, 0.2) is 36.7 Å². The molecule has 2 aromatic rings. The molecule has 21 heavy (non-hydrogen) atoms. The second-order valence-corrected chi connectivity index (χ2v) is 4.85. The minimum absolute atomic E-state index is 0.364. The Morgan fingerprint density at radius 3 is 2.76 bits per heavy atom. The number of carboxylic acid groups (broad SMARTS) is 1. The molecule has 0 bridgehead atoms. The van der Waals surface area contributed by atoms with Gasteiger partial charge in [0, 0.05) is 25.4 Å². The van der Waals surface area contributed by atoms with E-state index in [1.165, 1.54) is 0 Å². The van der Waals surface area contributed by atoms with E-state index in [4.69, 9.17) is 0 Å². The standard InChI is InChI=1S/C16H19N3O2/c1-3-13-10-15(18-11-17-13)19(2)9-8-12-6-4-5-7-14(12)16(20)21/h4-7,10-11H,3,8-9H2,1-2H3,(H,20,21). The summed E-state index contributed by atoms with van der Waals surface area (Å²) in [5, 5.41) is 9.18. The van der Waals surface area contributed by atoms with Crippen LogP contribution in [0.4, 0.5) is 5.82 Å². The van der Waals surface area contributed by atoms with E-state index in [-0.39, 0.29) is 0 Å². The molecule has 0 unspecified atom stereocenters. The minimum Gasteiger partial charge on any atom is -0.478 e. The second kappa shape index (κ2) is 6.83. The number of likely N-dealkylation sites (N-methyl/N-ethyl adjacent to an activating group) is 1. The van der Waals surface area contributed by atoms with Crippen LogP contribution in [0, 0.1) is 0 Å². The summed E-state index contributed by atoms with van der Waals surface area (Å²) < 4.78 is 0.